The molecule has 3 aromatic rings. The Kier molecular flexibility index (Phi) is 7.07. The van der Waals surface area contributed by atoms with Crippen molar-refractivity contribution in [3.05, 3.63) is 59.7 Å². The van der Waals surface area contributed by atoms with Gasteiger partial charge in [0.25, 0.3) is 0 Å². The maximum atomic E-state index is 13.7. The Morgan fingerprint density at radius 2 is 2.09 bits per heavy atom. The van der Waals surface area contributed by atoms with Gasteiger partial charge in [-0.15, -0.1) is 0 Å². The van der Waals surface area contributed by atoms with Crippen molar-refractivity contribution < 1.29 is 14.2 Å². The highest BCUT2D eigenvalue weighted by atomic mass is 19.1. The number of amidine groups is 1. The first-order valence-corrected chi connectivity index (χ1v) is 10.9. The smallest absolute Gasteiger partial charge is 0.180 e. The summed E-state index contributed by atoms with van der Waals surface area (Å²) in [4.78, 5) is 17.1. The Balaban J connectivity index is 1.62. The maximum Gasteiger partial charge on any atom is 0.180 e. The van der Waals surface area contributed by atoms with E-state index in [1.165, 1.54) is 17.0 Å². The van der Waals surface area contributed by atoms with Crippen LogP contribution in [0.15, 0.2) is 42.6 Å². The number of rotatable bonds is 9. The quantitative estimate of drug-likeness (QED) is 0.329. The van der Waals surface area contributed by atoms with Gasteiger partial charge in [-0.25, -0.2) is 14.4 Å². The fraction of sp³-hybridized carbons (Fsp3) is 0.292. The molecule has 4 rings (SSSR count). The summed E-state index contributed by atoms with van der Waals surface area (Å²) in [7, 11) is 1.83. The molecule has 2 heterocycles. The summed E-state index contributed by atoms with van der Waals surface area (Å²) in [5, 5.41) is 25.3. The summed E-state index contributed by atoms with van der Waals surface area (Å²) in [6, 6.07) is 9.26. The Hall–Kier alpha value is -3.92. The van der Waals surface area contributed by atoms with Gasteiger partial charge in [-0.3, -0.25) is 20.7 Å². The number of anilines is 2. The summed E-state index contributed by atoms with van der Waals surface area (Å²) in [5.41, 5.74) is 2.96. The average Bonchev–Trinajstić information content (AvgIpc) is 3.31. The number of likely N-dealkylation sites (N-methyl/N-ethyl adjacent to an activating group) is 1. The number of hydrogen-bond acceptors (Lipinski definition) is 8. The van der Waals surface area contributed by atoms with Crippen LogP contribution in [-0.4, -0.2) is 59.0 Å². The molecule has 0 unspecified atom stereocenters. The monoisotopic (exact) mass is 463 g/mol. The molecular weight excluding hydrogens is 437 g/mol. The molecule has 1 aromatic carbocycles. The molecule has 3 N–H and O–H groups in total. The summed E-state index contributed by atoms with van der Waals surface area (Å²) in [6.07, 6.45) is 5.25. The van der Waals surface area contributed by atoms with E-state index < -0.39 is 5.82 Å². The molecule has 0 radical (unpaired) electrons. The molecule has 10 heteroatoms. The first kappa shape index (κ1) is 23.2. The van der Waals surface area contributed by atoms with Crippen molar-refractivity contribution >= 4 is 23.7 Å². The van der Waals surface area contributed by atoms with Gasteiger partial charge in [-0.05, 0) is 43.5 Å². The zero-order chi connectivity index (χ0) is 24.1. The standard InChI is InChI=1S/C24H26FN7O2/c1-31(14-22(27)32(15-26)17-5-2-4-16(25)12-17)24-19-6-3-7-20(19)29-23(30-24)21-13-18(8-9-28-21)34-11-10-33/h2,4-5,8-9,12-13,15,26-27,33H,3,6-7,10-11,14H2,1H3. The molecule has 0 aliphatic heterocycles. The van der Waals surface area contributed by atoms with Crippen molar-refractivity contribution in [1.29, 1.82) is 10.8 Å². The molecule has 1 aliphatic carbocycles. The molecule has 34 heavy (non-hydrogen) atoms. The lowest BCUT2D eigenvalue weighted by molar-refractivity contribution is 0.201. The van der Waals surface area contributed by atoms with Crippen LogP contribution in [0.25, 0.3) is 11.5 Å². The zero-order valence-electron chi connectivity index (χ0n) is 18.8. The van der Waals surface area contributed by atoms with Crippen molar-refractivity contribution in [3.8, 4) is 17.3 Å². The van der Waals surface area contributed by atoms with Crippen LogP contribution in [0.2, 0.25) is 0 Å². The molecule has 1 aliphatic rings. The highest BCUT2D eigenvalue weighted by Gasteiger charge is 2.24. The van der Waals surface area contributed by atoms with E-state index in [9.17, 15) is 4.39 Å². The van der Waals surface area contributed by atoms with Gasteiger partial charge in [0.2, 0.25) is 0 Å². The largest absolute Gasteiger partial charge is 0.491 e. The summed E-state index contributed by atoms with van der Waals surface area (Å²) < 4.78 is 19.2. The molecule has 0 bridgehead atoms. The zero-order valence-corrected chi connectivity index (χ0v) is 18.8. The van der Waals surface area contributed by atoms with Crippen LogP contribution in [0, 0.1) is 16.6 Å². The second-order valence-corrected chi connectivity index (χ2v) is 7.88. The third-order valence-electron chi connectivity index (χ3n) is 5.49. The van der Waals surface area contributed by atoms with Crippen molar-refractivity contribution in [2.75, 3.05) is 36.6 Å². The Labute approximate surface area is 196 Å². The number of hydrogen-bond donors (Lipinski definition) is 3. The van der Waals surface area contributed by atoms with E-state index in [1.807, 2.05) is 11.9 Å². The first-order chi connectivity index (χ1) is 16.5. The van der Waals surface area contributed by atoms with Crippen LogP contribution in [0.1, 0.15) is 17.7 Å². The minimum atomic E-state index is -0.429. The molecule has 0 amide bonds. The van der Waals surface area contributed by atoms with E-state index in [4.69, 9.17) is 30.6 Å². The van der Waals surface area contributed by atoms with E-state index >= 15 is 0 Å². The fourth-order valence-electron chi connectivity index (χ4n) is 3.94. The van der Waals surface area contributed by atoms with Crippen LogP contribution >= 0.6 is 0 Å². The first-order valence-electron chi connectivity index (χ1n) is 10.9. The number of aliphatic hydroxyl groups excluding tert-OH is 1. The highest BCUT2D eigenvalue weighted by molar-refractivity contribution is 6.10. The molecule has 0 spiro atoms. The fourth-order valence-corrected chi connectivity index (χ4v) is 3.94. The number of aryl methyl sites for hydroxylation is 1. The predicted molar refractivity (Wildman–Crippen MR) is 129 cm³/mol. The lowest BCUT2D eigenvalue weighted by atomic mass is 10.2. The van der Waals surface area contributed by atoms with Gasteiger partial charge >= 0.3 is 0 Å². The van der Waals surface area contributed by atoms with E-state index in [2.05, 4.69) is 4.98 Å². The van der Waals surface area contributed by atoms with Crippen LogP contribution in [0.3, 0.4) is 0 Å². The van der Waals surface area contributed by atoms with E-state index in [0.717, 1.165) is 36.9 Å². The minimum Gasteiger partial charge on any atom is -0.491 e. The topological polar surface area (TPSA) is 122 Å². The number of aliphatic hydroxyl groups is 1. The number of halogens is 1. The Morgan fingerprint density at radius 1 is 1.24 bits per heavy atom. The molecule has 9 nitrogen and oxygen atoms in total. The number of ether oxygens (including phenoxy) is 1. The minimum absolute atomic E-state index is 0.0870. The van der Waals surface area contributed by atoms with E-state index in [-0.39, 0.29) is 25.6 Å². The SMILES string of the molecule is CN(CC(=N)N(C=N)c1cccc(F)c1)c1nc(-c2cc(OCCO)ccn2)nc2c1CCC2. The van der Waals surface area contributed by atoms with Gasteiger partial charge in [-0.1, -0.05) is 6.07 Å². The van der Waals surface area contributed by atoms with Crippen LogP contribution in [0.4, 0.5) is 15.9 Å². The third-order valence-corrected chi connectivity index (χ3v) is 5.49. The van der Waals surface area contributed by atoms with Gasteiger partial charge < -0.3 is 14.7 Å². The second-order valence-electron chi connectivity index (χ2n) is 7.88. The highest BCUT2D eigenvalue weighted by Crippen LogP contribution is 2.31. The molecule has 0 saturated heterocycles. The summed E-state index contributed by atoms with van der Waals surface area (Å²) in [6.45, 7) is 0.248. The molecule has 0 fully saturated rings. The molecule has 176 valence electrons. The van der Waals surface area contributed by atoms with Gasteiger partial charge in [0.05, 0.1) is 25.2 Å². The lowest BCUT2D eigenvalue weighted by Gasteiger charge is -2.26. The van der Waals surface area contributed by atoms with Gasteiger partial charge in [0.15, 0.2) is 5.82 Å². The average molecular weight is 464 g/mol. The number of nitrogens with zero attached hydrogens (tertiary/aromatic N) is 5. The van der Waals surface area contributed by atoms with Crippen molar-refractivity contribution in [3.63, 3.8) is 0 Å². The van der Waals surface area contributed by atoms with Gasteiger partial charge in [-0.2, -0.15) is 0 Å². The summed E-state index contributed by atoms with van der Waals surface area (Å²) in [5.74, 6) is 1.40. The van der Waals surface area contributed by atoms with Gasteiger partial charge in [0.1, 0.15) is 35.5 Å². The van der Waals surface area contributed by atoms with Crippen LogP contribution in [-0.2, 0) is 12.8 Å². The predicted octanol–water partition coefficient (Wildman–Crippen LogP) is 3.06. The van der Waals surface area contributed by atoms with E-state index in [0.29, 0.717) is 28.8 Å². The second kappa shape index (κ2) is 10.3. The molecule has 0 atom stereocenters. The van der Waals surface area contributed by atoms with Crippen molar-refractivity contribution in [1.82, 2.24) is 15.0 Å². The molecule has 2 aromatic heterocycles. The third kappa shape index (κ3) is 5.01. The number of pyridine rings is 1. The number of benzene rings is 1. The van der Waals surface area contributed by atoms with Crippen molar-refractivity contribution in [2.24, 2.45) is 0 Å². The number of fused-ring (bicyclic) bond motifs is 1. The van der Waals surface area contributed by atoms with Crippen LogP contribution in [0.5, 0.6) is 5.75 Å². The van der Waals surface area contributed by atoms with Gasteiger partial charge in [0, 0.05) is 30.6 Å². The lowest BCUT2D eigenvalue weighted by Crippen LogP contribution is -2.38. The Bertz CT molecular complexity index is 1200. The number of aromatic nitrogens is 3. The van der Waals surface area contributed by atoms with Crippen LogP contribution < -0.4 is 14.5 Å². The Morgan fingerprint density at radius 3 is 2.85 bits per heavy atom. The van der Waals surface area contributed by atoms with Crippen molar-refractivity contribution in [2.45, 2.75) is 19.3 Å². The summed E-state index contributed by atoms with van der Waals surface area (Å²) >= 11 is 0. The normalized spacial score (nSPS) is 12.2. The van der Waals surface area contributed by atoms with E-state index in [1.54, 1.807) is 30.5 Å². The molecule has 0 saturated carbocycles. The number of nitrogens with one attached hydrogen (secondary N) is 2. The maximum absolute atomic E-state index is 13.7. The molecular formula is C24H26FN7O2.